The van der Waals surface area contributed by atoms with Crippen LogP contribution in [-0.2, 0) is 19.6 Å². The van der Waals surface area contributed by atoms with E-state index >= 15 is 0 Å². The summed E-state index contributed by atoms with van der Waals surface area (Å²) in [7, 11) is 0. The summed E-state index contributed by atoms with van der Waals surface area (Å²) in [6, 6.07) is 1.77. The lowest BCUT2D eigenvalue weighted by Crippen LogP contribution is -2.32. The van der Waals surface area contributed by atoms with E-state index in [1.807, 2.05) is 0 Å². The Morgan fingerprint density at radius 3 is 3.06 bits per heavy atom. The number of aliphatic hydroxyl groups is 1. The topological polar surface area (TPSA) is 36.4 Å². The van der Waals surface area contributed by atoms with Crippen molar-refractivity contribution in [1.29, 1.82) is 0 Å². The molecule has 1 N–H and O–H groups in total. The van der Waals surface area contributed by atoms with Gasteiger partial charge in [-0.3, -0.25) is 4.90 Å². The Kier molecular flexibility index (Phi) is 3.79. The molecular formula is C12H17ClN2O. The summed E-state index contributed by atoms with van der Waals surface area (Å²) < 4.78 is 0. The minimum absolute atomic E-state index is 0.0462. The molecule has 1 aromatic rings. The number of rotatable bonds is 3. The van der Waals surface area contributed by atoms with Crippen LogP contribution in [0.25, 0.3) is 0 Å². The average Bonchev–Trinajstić information content (AvgIpc) is 2.29. The van der Waals surface area contributed by atoms with Gasteiger partial charge in [0.15, 0.2) is 0 Å². The van der Waals surface area contributed by atoms with Gasteiger partial charge in [-0.25, -0.2) is 4.98 Å². The molecule has 0 saturated heterocycles. The van der Waals surface area contributed by atoms with Crippen LogP contribution in [0.4, 0.5) is 0 Å². The Bertz CT molecular complexity index is 364. The van der Waals surface area contributed by atoms with E-state index in [1.165, 1.54) is 5.56 Å². The van der Waals surface area contributed by atoms with Crippen molar-refractivity contribution >= 4 is 11.6 Å². The number of aromatic nitrogens is 1. The molecule has 0 fully saturated rings. The lowest BCUT2D eigenvalue weighted by atomic mass is 10.0. The van der Waals surface area contributed by atoms with Gasteiger partial charge < -0.3 is 5.11 Å². The SMILES string of the molecule is CCCN1CCc2nc(Cl)cc(CO)c2C1. The van der Waals surface area contributed by atoms with E-state index < -0.39 is 0 Å². The molecule has 3 nitrogen and oxygen atoms in total. The second kappa shape index (κ2) is 5.13. The normalized spacial score (nSPS) is 16.2. The quantitative estimate of drug-likeness (QED) is 0.821. The van der Waals surface area contributed by atoms with Gasteiger partial charge in [0.1, 0.15) is 5.15 Å². The van der Waals surface area contributed by atoms with E-state index in [0.29, 0.717) is 5.15 Å². The number of halogens is 1. The molecule has 0 atom stereocenters. The van der Waals surface area contributed by atoms with E-state index in [0.717, 1.165) is 43.7 Å². The summed E-state index contributed by atoms with van der Waals surface area (Å²) in [5.41, 5.74) is 3.16. The molecule has 0 bridgehead atoms. The molecular weight excluding hydrogens is 224 g/mol. The Hall–Kier alpha value is -0.640. The number of aliphatic hydroxyl groups excluding tert-OH is 1. The maximum atomic E-state index is 9.33. The van der Waals surface area contributed by atoms with Crippen LogP contribution in [0.5, 0.6) is 0 Å². The molecule has 1 aromatic heterocycles. The van der Waals surface area contributed by atoms with Crippen molar-refractivity contribution in [3.8, 4) is 0 Å². The highest BCUT2D eigenvalue weighted by molar-refractivity contribution is 6.29. The Morgan fingerprint density at radius 2 is 2.38 bits per heavy atom. The summed E-state index contributed by atoms with van der Waals surface area (Å²) in [5.74, 6) is 0. The summed E-state index contributed by atoms with van der Waals surface area (Å²) in [4.78, 5) is 6.74. The molecule has 4 heteroatoms. The van der Waals surface area contributed by atoms with Crippen molar-refractivity contribution in [3.05, 3.63) is 28.0 Å². The van der Waals surface area contributed by atoms with Crippen LogP contribution in [-0.4, -0.2) is 28.1 Å². The van der Waals surface area contributed by atoms with E-state index in [9.17, 15) is 5.11 Å². The number of pyridine rings is 1. The number of hydrogen-bond acceptors (Lipinski definition) is 3. The third-order valence-corrected chi connectivity index (χ3v) is 3.22. The van der Waals surface area contributed by atoms with Crippen LogP contribution in [0.2, 0.25) is 5.15 Å². The highest BCUT2D eigenvalue weighted by Crippen LogP contribution is 2.24. The summed E-state index contributed by atoms with van der Waals surface area (Å²) in [6.45, 7) is 5.27. The van der Waals surface area contributed by atoms with Gasteiger partial charge >= 0.3 is 0 Å². The van der Waals surface area contributed by atoms with Gasteiger partial charge in [-0.15, -0.1) is 0 Å². The minimum Gasteiger partial charge on any atom is -0.392 e. The van der Waals surface area contributed by atoms with E-state index in [2.05, 4.69) is 16.8 Å². The predicted molar refractivity (Wildman–Crippen MR) is 64.4 cm³/mol. The Balaban J connectivity index is 2.28. The standard InChI is InChI=1S/C12H17ClN2O/c1-2-4-15-5-3-11-10(7-15)9(8-16)6-12(13)14-11/h6,16H,2-5,7-8H2,1H3. The van der Waals surface area contributed by atoms with Gasteiger partial charge in [0, 0.05) is 25.2 Å². The van der Waals surface area contributed by atoms with Gasteiger partial charge in [0.25, 0.3) is 0 Å². The maximum absolute atomic E-state index is 9.33. The molecule has 16 heavy (non-hydrogen) atoms. The molecule has 0 aliphatic carbocycles. The largest absolute Gasteiger partial charge is 0.392 e. The zero-order chi connectivity index (χ0) is 11.5. The zero-order valence-electron chi connectivity index (χ0n) is 9.54. The smallest absolute Gasteiger partial charge is 0.129 e. The molecule has 0 unspecified atom stereocenters. The van der Waals surface area contributed by atoms with Crippen molar-refractivity contribution in [2.45, 2.75) is 32.9 Å². The van der Waals surface area contributed by atoms with Gasteiger partial charge in [0.2, 0.25) is 0 Å². The molecule has 0 radical (unpaired) electrons. The summed E-state index contributed by atoms with van der Waals surface area (Å²) in [6.07, 6.45) is 2.09. The van der Waals surface area contributed by atoms with Crippen molar-refractivity contribution in [3.63, 3.8) is 0 Å². The van der Waals surface area contributed by atoms with Gasteiger partial charge in [-0.2, -0.15) is 0 Å². The molecule has 0 amide bonds. The molecule has 0 aromatic carbocycles. The molecule has 88 valence electrons. The third-order valence-electron chi connectivity index (χ3n) is 3.03. The molecule has 1 aliphatic heterocycles. The maximum Gasteiger partial charge on any atom is 0.129 e. The van der Waals surface area contributed by atoms with E-state index in [-0.39, 0.29) is 6.61 Å². The fourth-order valence-electron chi connectivity index (χ4n) is 2.26. The predicted octanol–water partition coefficient (Wildman–Crippen LogP) is 2.00. The average molecular weight is 241 g/mol. The van der Waals surface area contributed by atoms with Crippen molar-refractivity contribution in [2.24, 2.45) is 0 Å². The number of nitrogens with zero attached hydrogens (tertiary/aromatic N) is 2. The first-order valence-electron chi connectivity index (χ1n) is 5.75. The fraction of sp³-hybridized carbons (Fsp3) is 0.583. The second-order valence-electron chi connectivity index (χ2n) is 4.21. The fourth-order valence-corrected chi connectivity index (χ4v) is 2.49. The monoisotopic (exact) mass is 240 g/mol. The van der Waals surface area contributed by atoms with Gasteiger partial charge in [0.05, 0.1) is 6.61 Å². The third kappa shape index (κ3) is 2.37. The Labute approximate surface area is 101 Å². The summed E-state index contributed by atoms with van der Waals surface area (Å²) in [5, 5.41) is 9.82. The Morgan fingerprint density at radius 1 is 1.56 bits per heavy atom. The van der Waals surface area contributed by atoms with Crippen LogP contribution in [0.3, 0.4) is 0 Å². The van der Waals surface area contributed by atoms with Crippen LogP contribution < -0.4 is 0 Å². The van der Waals surface area contributed by atoms with Gasteiger partial charge in [-0.05, 0) is 30.2 Å². The molecule has 1 aliphatic rings. The van der Waals surface area contributed by atoms with E-state index in [4.69, 9.17) is 11.6 Å². The van der Waals surface area contributed by atoms with Crippen LogP contribution in [0, 0.1) is 0 Å². The second-order valence-corrected chi connectivity index (χ2v) is 4.60. The van der Waals surface area contributed by atoms with Gasteiger partial charge in [-0.1, -0.05) is 18.5 Å². The van der Waals surface area contributed by atoms with Crippen molar-refractivity contribution in [2.75, 3.05) is 13.1 Å². The minimum atomic E-state index is 0.0462. The zero-order valence-corrected chi connectivity index (χ0v) is 10.3. The molecule has 2 heterocycles. The first-order chi connectivity index (χ1) is 7.74. The van der Waals surface area contributed by atoms with Crippen molar-refractivity contribution in [1.82, 2.24) is 9.88 Å². The highest BCUT2D eigenvalue weighted by Gasteiger charge is 2.20. The lowest BCUT2D eigenvalue weighted by molar-refractivity contribution is 0.242. The first-order valence-corrected chi connectivity index (χ1v) is 6.12. The lowest BCUT2D eigenvalue weighted by Gasteiger charge is -2.29. The molecule has 2 rings (SSSR count). The number of fused-ring (bicyclic) bond motifs is 1. The summed E-state index contributed by atoms with van der Waals surface area (Å²) >= 11 is 5.92. The van der Waals surface area contributed by atoms with Crippen LogP contribution in [0.15, 0.2) is 6.07 Å². The van der Waals surface area contributed by atoms with E-state index in [1.54, 1.807) is 6.07 Å². The highest BCUT2D eigenvalue weighted by atomic mass is 35.5. The first kappa shape index (κ1) is 11.8. The molecule has 0 spiro atoms. The van der Waals surface area contributed by atoms with Crippen molar-refractivity contribution < 1.29 is 5.11 Å². The number of hydrogen-bond donors (Lipinski definition) is 1. The molecule has 0 saturated carbocycles. The van der Waals surface area contributed by atoms with Crippen LogP contribution >= 0.6 is 11.6 Å². The van der Waals surface area contributed by atoms with Crippen LogP contribution in [0.1, 0.15) is 30.2 Å².